The van der Waals surface area contributed by atoms with Crippen LogP contribution in [-0.2, 0) is 9.47 Å². The van der Waals surface area contributed by atoms with Crippen LogP contribution < -0.4 is 0 Å². The summed E-state index contributed by atoms with van der Waals surface area (Å²) in [5.74, 6) is 1.07. The second-order valence-corrected chi connectivity index (χ2v) is 5.65. The fourth-order valence-electron chi connectivity index (χ4n) is 4.71. The molecule has 0 aromatic carbocycles. The Morgan fingerprint density at radius 1 is 1.00 bits per heavy atom. The quantitative estimate of drug-likeness (QED) is 0.706. The molecule has 0 amide bonds. The van der Waals surface area contributed by atoms with Gasteiger partial charge in [-0.2, -0.15) is 0 Å². The van der Waals surface area contributed by atoms with Crippen molar-refractivity contribution in [3.05, 3.63) is 0 Å². The number of hydrogen-bond donors (Lipinski definition) is 1. The summed E-state index contributed by atoms with van der Waals surface area (Å²) in [6.07, 6.45) is 5.37. The molecule has 4 fully saturated rings. The van der Waals surface area contributed by atoms with Gasteiger partial charge in [0.05, 0.1) is 0 Å². The van der Waals surface area contributed by atoms with Crippen molar-refractivity contribution in [2.24, 2.45) is 17.8 Å². The Hall–Kier alpha value is -0.120. The van der Waals surface area contributed by atoms with Gasteiger partial charge in [0.1, 0.15) is 5.60 Å². The molecule has 0 saturated heterocycles. The molecule has 1 N–H and O–H groups in total. The van der Waals surface area contributed by atoms with Gasteiger partial charge >= 0.3 is 0 Å². The molecule has 2 atom stereocenters. The molecule has 4 aliphatic carbocycles. The van der Waals surface area contributed by atoms with Crippen LogP contribution in [0, 0.1) is 17.8 Å². The minimum atomic E-state index is -0.731. The Bertz CT molecular complexity index is 258. The van der Waals surface area contributed by atoms with Crippen molar-refractivity contribution in [3.8, 4) is 0 Å². The first-order valence-electron chi connectivity index (χ1n) is 5.96. The number of ether oxygens (including phenoxy) is 2. The van der Waals surface area contributed by atoms with Crippen molar-refractivity contribution in [2.75, 3.05) is 14.2 Å². The van der Waals surface area contributed by atoms with Gasteiger partial charge in [-0.1, -0.05) is 0 Å². The van der Waals surface area contributed by atoms with E-state index in [0.29, 0.717) is 17.8 Å². The normalized spacial score (nSPS) is 51.0. The third-order valence-electron chi connectivity index (χ3n) is 4.95. The van der Waals surface area contributed by atoms with Crippen LogP contribution in [0.4, 0.5) is 0 Å². The van der Waals surface area contributed by atoms with Gasteiger partial charge in [0.25, 0.3) is 0 Å². The lowest BCUT2D eigenvalue weighted by Crippen LogP contribution is -2.70. The minimum Gasteiger partial charge on any atom is -0.384 e. The molecule has 0 radical (unpaired) electrons. The van der Waals surface area contributed by atoms with Crippen molar-refractivity contribution in [1.29, 1.82) is 0 Å². The molecule has 86 valence electrons. The van der Waals surface area contributed by atoms with Gasteiger partial charge in [-0.3, -0.25) is 0 Å². The summed E-state index contributed by atoms with van der Waals surface area (Å²) >= 11 is 0. The monoisotopic (exact) mass is 212 g/mol. The molecule has 0 spiro atoms. The zero-order valence-electron chi connectivity index (χ0n) is 9.53. The number of rotatable bonds is 2. The average Bonchev–Trinajstić information content (AvgIpc) is 2.16. The summed E-state index contributed by atoms with van der Waals surface area (Å²) in [5, 5.41) is 10.8. The zero-order chi connectivity index (χ0) is 10.7. The highest BCUT2D eigenvalue weighted by Gasteiger charge is 2.66. The van der Waals surface area contributed by atoms with Crippen molar-refractivity contribution >= 4 is 0 Å². The summed E-state index contributed by atoms with van der Waals surface area (Å²) in [4.78, 5) is 0. The van der Waals surface area contributed by atoms with Crippen LogP contribution in [0.5, 0.6) is 0 Å². The summed E-state index contributed by atoms with van der Waals surface area (Å²) in [5.41, 5.74) is -0.731. The number of hydrogen-bond acceptors (Lipinski definition) is 3. The van der Waals surface area contributed by atoms with Crippen LogP contribution in [0.2, 0.25) is 0 Å². The maximum absolute atomic E-state index is 10.8. The standard InChI is InChI=1S/C12H20O3/c1-14-12(15-2)10-4-8-3-9(5-10)7-11(12,13)6-8/h8-10,13H,3-7H2,1-2H3. The topological polar surface area (TPSA) is 38.7 Å². The highest BCUT2D eigenvalue weighted by molar-refractivity contribution is 5.12. The van der Waals surface area contributed by atoms with E-state index in [2.05, 4.69) is 0 Å². The number of aliphatic hydroxyl groups is 1. The van der Waals surface area contributed by atoms with Crippen LogP contribution in [0.1, 0.15) is 32.1 Å². The molecule has 4 bridgehead atoms. The van der Waals surface area contributed by atoms with Gasteiger partial charge in [-0.15, -0.1) is 0 Å². The summed E-state index contributed by atoms with van der Waals surface area (Å²) < 4.78 is 11.2. The Kier molecular flexibility index (Phi) is 1.99. The Balaban J connectivity index is 2.02. The van der Waals surface area contributed by atoms with Gasteiger partial charge in [0.15, 0.2) is 5.79 Å². The highest BCUT2D eigenvalue weighted by Crippen LogP contribution is 2.61. The van der Waals surface area contributed by atoms with Crippen molar-refractivity contribution < 1.29 is 14.6 Å². The van der Waals surface area contributed by atoms with Crippen LogP contribution in [0.3, 0.4) is 0 Å². The molecule has 4 rings (SSSR count). The predicted octanol–water partition coefficient (Wildman–Crippen LogP) is 1.55. The summed E-state index contributed by atoms with van der Waals surface area (Å²) in [7, 11) is 3.34. The highest BCUT2D eigenvalue weighted by atomic mass is 16.7. The van der Waals surface area contributed by atoms with E-state index in [-0.39, 0.29) is 0 Å². The predicted molar refractivity (Wildman–Crippen MR) is 55.3 cm³/mol. The lowest BCUT2D eigenvalue weighted by atomic mass is 9.51. The van der Waals surface area contributed by atoms with E-state index in [1.165, 1.54) is 19.3 Å². The lowest BCUT2D eigenvalue weighted by molar-refractivity contribution is -0.376. The van der Waals surface area contributed by atoms with E-state index in [1.807, 2.05) is 0 Å². The fraction of sp³-hybridized carbons (Fsp3) is 1.00. The first-order valence-corrected chi connectivity index (χ1v) is 5.96. The van der Waals surface area contributed by atoms with E-state index >= 15 is 0 Å². The Labute approximate surface area is 90.8 Å². The minimum absolute atomic E-state index is 0.392. The van der Waals surface area contributed by atoms with Gasteiger partial charge in [-0.05, 0) is 43.9 Å². The van der Waals surface area contributed by atoms with Crippen LogP contribution >= 0.6 is 0 Å². The molecule has 3 heteroatoms. The van der Waals surface area contributed by atoms with E-state index in [1.54, 1.807) is 14.2 Å². The molecule has 3 nitrogen and oxygen atoms in total. The van der Waals surface area contributed by atoms with Gasteiger partial charge in [-0.25, -0.2) is 0 Å². The summed E-state index contributed by atoms with van der Waals surface area (Å²) in [6, 6.07) is 0. The third kappa shape index (κ3) is 1.07. The van der Waals surface area contributed by atoms with Gasteiger partial charge in [0.2, 0.25) is 0 Å². The lowest BCUT2D eigenvalue weighted by Gasteiger charge is -2.63. The van der Waals surface area contributed by atoms with Crippen molar-refractivity contribution in [3.63, 3.8) is 0 Å². The average molecular weight is 212 g/mol. The van der Waals surface area contributed by atoms with E-state index in [9.17, 15) is 5.11 Å². The smallest absolute Gasteiger partial charge is 0.199 e. The van der Waals surface area contributed by atoms with Crippen molar-refractivity contribution in [1.82, 2.24) is 0 Å². The van der Waals surface area contributed by atoms with Crippen LogP contribution in [-0.4, -0.2) is 30.7 Å². The molecular formula is C12H20O3. The van der Waals surface area contributed by atoms with Gasteiger partial charge in [0, 0.05) is 20.1 Å². The maximum atomic E-state index is 10.8. The molecule has 2 unspecified atom stereocenters. The number of methoxy groups -OCH3 is 2. The maximum Gasteiger partial charge on any atom is 0.199 e. The van der Waals surface area contributed by atoms with E-state index < -0.39 is 11.4 Å². The SMILES string of the molecule is COC1(OC)C2CC3CC(C2)CC1(O)C3. The molecular weight excluding hydrogens is 192 g/mol. The first-order chi connectivity index (χ1) is 7.13. The van der Waals surface area contributed by atoms with Crippen LogP contribution in [0.15, 0.2) is 0 Å². The fourth-order valence-corrected chi connectivity index (χ4v) is 4.71. The summed E-state index contributed by atoms with van der Waals surface area (Å²) in [6.45, 7) is 0. The van der Waals surface area contributed by atoms with E-state index in [0.717, 1.165) is 12.8 Å². The molecule has 0 aromatic heterocycles. The van der Waals surface area contributed by atoms with Crippen molar-refractivity contribution in [2.45, 2.75) is 43.5 Å². The Morgan fingerprint density at radius 3 is 1.93 bits per heavy atom. The largest absolute Gasteiger partial charge is 0.384 e. The zero-order valence-corrected chi connectivity index (χ0v) is 9.53. The molecule has 15 heavy (non-hydrogen) atoms. The molecule has 4 aliphatic rings. The third-order valence-corrected chi connectivity index (χ3v) is 4.95. The second-order valence-electron chi connectivity index (χ2n) is 5.65. The molecule has 0 heterocycles. The van der Waals surface area contributed by atoms with Gasteiger partial charge < -0.3 is 14.6 Å². The molecule has 0 aliphatic heterocycles. The Morgan fingerprint density at radius 2 is 1.53 bits per heavy atom. The molecule has 0 aromatic rings. The molecule has 4 saturated carbocycles. The van der Waals surface area contributed by atoms with E-state index in [4.69, 9.17) is 9.47 Å². The first kappa shape index (κ1) is 10.1. The van der Waals surface area contributed by atoms with Crippen LogP contribution in [0.25, 0.3) is 0 Å². The second kappa shape index (κ2) is 2.96.